The van der Waals surface area contributed by atoms with Crippen molar-refractivity contribution in [3.8, 4) is 0 Å². The number of hydrogen-bond acceptors (Lipinski definition) is 4. The van der Waals surface area contributed by atoms with Gasteiger partial charge in [0.15, 0.2) is 0 Å². The minimum atomic E-state index is -0.466. The third kappa shape index (κ3) is 4.70. The lowest BCUT2D eigenvalue weighted by atomic mass is 9.87. The highest BCUT2D eigenvalue weighted by Gasteiger charge is 2.27. The Morgan fingerprint density at radius 3 is 2.57 bits per heavy atom. The molecule has 4 nitrogen and oxygen atoms in total. The first-order chi connectivity index (χ1) is 10.1. The fourth-order valence-electron chi connectivity index (χ4n) is 2.75. The molecule has 0 unspecified atom stereocenters. The van der Waals surface area contributed by atoms with E-state index in [1.54, 1.807) is 12.1 Å². The van der Waals surface area contributed by atoms with Crippen LogP contribution in [0.15, 0.2) is 24.3 Å². The van der Waals surface area contributed by atoms with Crippen molar-refractivity contribution >= 4 is 17.6 Å². The van der Waals surface area contributed by atoms with Gasteiger partial charge in [-0.2, -0.15) is 0 Å². The van der Waals surface area contributed by atoms with Gasteiger partial charge in [-0.1, -0.05) is 23.7 Å². The Balaban J connectivity index is 1.83. The molecule has 0 aliphatic carbocycles. The number of piperidine rings is 1. The zero-order valence-electron chi connectivity index (χ0n) is 12.3. The van der Waals surface area contributed by atoms with Gasteiger partial charge in [0.2, 0.25) is 0 Å². The number of halogens is 1. The van der Waals surface area contributed by atoms with Crippen LogP contribution in [0.5, 0.6) is 0 Å². The van der Waals surface area contributed by atoms with Crippen LogP contribution in [0.25, 0.3) is 0 Å². The molecule has 0 aromatic heterocycles. The summed E-state index contributed by atoms with van der Waals surface area (Å²) in [4.78, 5) is 13.5. The smallest absolute Gasteiger partial charge is 0.320 e. The van der Waals surface area contributed by atoms with E-state index in [2.05, 4.69) is 4.90 Å². The normalized spacial score (nSPS) is 18.4. The highest BCUT2D eigenvalue weighted by molar-refractivity contribution is 6.30. The van der Waals surface area contributed by atoms with Crippen molar-refractivity contribution in [2.45, 2.75) is 25.9 Å². The number of likely N-dealkylation sites (tertiary alicyclic amines) is 1. The lowest BCUT2D eigenvalue weighted by Crippen LogP contribution is -2.39. The zero-order chi connectivity index (χ0) is 15.2. The molecule has 0 spiro atoms. The number of benzene rings is 1. The quantitative estimate of drug-likeness (QED) is 0.849. The lowest BCUT2D eigenvalue weighted by Gasteiger charge is -2.33. The van der Waals surface area contributed by atoms with Gasteiger partial charge in [0.1, 0.15) is 0 Å². The summed E-state index contributed by atoms with van der Waals surface area (Å²) in [5.74, 6) is 0.0545. The molecule has 2 rings (SSSR count). The van der Waals surface area contributed by atoms with E-state index >= 15 is 0 Å². The first-order valence-electron chi connectivity index (χ1n) is 7.41. The van der Waals surface area contributed by atoms with E-state index in [-0.39, 0.29) is 11.9 Å². The molecule has 0 saturated carbocycles. The number of carbonyl (C=O) groups excluding carboxylic acids is 1. The summed E-state index contributed by atoms with van der Waals surface area (Å²) in [7, 11) is 0. The molecule has 5 heteroatoms. The number of hydrogen-bond donors (Lipinski definition) is 1. The topological polar surface area (TPSA) is 49.8 Å². The van der Waals surface area contributed by atoms with Crippen LogP contribution in [0.3, 0.4) is 0 Å². The van der Waals surface area contributed by atoms with Crippen molar-refractivity contribution in [1.82, 2.24) is 4.90 Å². The summed E-state index contributed by atoms with van der Waals surface area (Å²) >= 11 is 5.86. The molecule has 1 aliphatic heterocycles. The van der Waals surface area contributed by atoms with Gasteiger partial charge < -0.3 is 9.84 Å². The van der Waals surface area contributed by atoms with Crippen molar-refractivity contribution in [2.24, 2.45) is 5.92 Å². The van der Waals surface area contributed by atoms with E-state index in [1.165, 1.54) is 0 Å². The van der Waals surface area contributed by atoms with Crippen molar-refractivity contribution in [2.75, 3.05) is 26.2 Å². The Morgan fingerprint density at radius 2 is 2.00 bits per heavy atom. The third-order valence-corrected chi connectivity index (χ3v) is 4.20. The van der Waals surface area contributed by atoms with E-state index < -0.39 is 6.10 Å². The van der Waals surface area contributed by atoms with Crippen LogP contribution in [-0.2, 0) is 9.53 Å². The number of aliphatic hydroxyl groups excluding tert-OH is 1. The minimum absolute atomic E-state index is 0.172. The summed E-state index contributed by atoms with van der Waals surface area (Å²) in [5, 5.41) is 11.1. The molecule has 1 saturated heterocycles. The highest BCUT2D eigenvalue weighted by atomic mass is 35.5. The van der Waals surface area contributed by atoms with Gasteiger partial charge in [-0.05, 0) is 56.5 Å². The SMILES string of the molecule is CCOC(=O)CN1CCC([C@@H](O)c2ccc(Cl)cc2)CC1. The number of nitrogens with zero attached hydrogens (tertiary/aromatic N) is 1. The van der Waals surface area contributed by atoms with E-state index in [4.69, 9.17) is 16.3 Å². The second-order valence-electron chi connectivity index (χ2n) is 5.41. The van der Waals surface area contributed by atoms with Gasteiger partial charge in [0.05, 0.1) is 19.3 Å². The Kier molecular flexibility index (Phi) is 6.03. The maximum atomic E-state index is 11.5. The lowest BCUT2D eigenvalue weighted by molar-refractivity contribution is -0.144. The number of ether oxygens (including phenoxy) is 1. The molecule has 116 valence electrons. The second kappa shape index (κ2) is 7.78. The Bertz CT molecular complexity index is 455. The Morgan fingerprint density at radius 1 is 1.38 bits per heavy atom. The molecule has 0 amide bonds. The van der Waals surface area contributed by atoms with Crippen molar-refractivity contribution in [3.05, 3.63) is 34.9 Å². The molecule has 0 radical (unpaired) electrons. The van der Waals surface area contributed by atoms with E-state index in [1.807, 2.05) is 19.1 Å². The van der Waals surface area contributed by atoms with Crippen LogP contribution < -0.4 is 0 Å². The average Bonchev–Trinajstić information content (AvgIpc) is 2.48. The van der Waals surface area contributed by atoms with Crippen LogP contribution in [0.1, 0.15) is 31.4 Å². The molecule has 1 aromatic carbocycles. The Hall–Kier alpha value is -1.10. The van der Waals surface area contributed by atoms with Gasteiger partial charge >= 0.3 is 5.97 Å². The summed E-state index contributed by atoms with van der Waals surface area (Å²) in [5.41, 5.74) is 0.906. The van der Waals surface area contributed by atoms with E-state index in [0.717, 1.165) is 31.5 Å². The van der Waals surface area contributed by atoms with Gasteiger partial charge in [-0.25, -0.2) is 0 Å². The predicted octanol–water partition coefficient (Wildman–Crippen LogP) is 2.65. The van der Waals surface area contributed by atoms with Crippen LogP contribution in [0, 0.1) is 5.92 Å². The van der Waals surface area contributed by atoms with E-state index in [9.17, 15) is 9.90 Å². The second-order valence-corrected chi connectivity index (χ2v) is 5.85. The molecular weight excluding hydrogens is 290 g/mol. The standard InChI is InChI=1S/C16H22ClNO3/c1-2-21-15(19)11-18-9-7-13(8-10-18)16(20)12-3-5-14(17)6-4-12/h3-6,13,16,20H,2,7-11H2,1H3/t16-/m0/s1. The largest absolute Gasteiger partial charge is 0.465 e. The molecule has 1 aliphatic rings. The number of esters is 1. The zero-order valence-corrected chi connectivity index (χ0v) is 13.1. The molecule has 1 fully saturated rings. The molecule has 1 heterocycles. The average molecular weight is 312 g/mol. The van der Waals surface area contributed by atoms with Crippen LogP contribution in [0.2, 0.25) is 5.02 Å². The summed E-state index contributed by atoms with van der Waals surface area (Å²) < 4.78 is 4.96. The molecule has 1 N–H and O–H groups in total. The third-order valence-electron chi connectivity index (χ3n) is 3.95. The van der Waals surface area contributed by atoms with E-state index in [0.29, 0.717) is 18.2 Å². The van der Waals surface area contributed by atoms with Gasteiger partial charge in [-0.3, -0.25) is 9.69 Å². The molecule has 1 atom stereocenters. The first-order valence-corrected chi connectivity index (χ1v) is 7.79. The fourth-order valence-corrected chi connectivity index (χ4v) is 2.87. The first kappa shape index (κ1) is 16.3. The van der Waals surface area contributed by atoms with Crippen LogP contribution in [0.4, 0.5) is 0 Å². The maximum Gasteiger partial charge on any atom is 0.320 e. The molecule has 21 heavy (non-hydrogen) atoms. The summed E-state index contributed by atoms with van der Waals surface area (Å²) in [6.07, 6.45) is 1.29. The summed E-state index contributed by atoms with van der Waals surface area (Å²) in [6.45, 7) is 4.21. The predicted molar refractivity (Wildman–Crippen MR) is 82.2 cm³/mol. The number of carbonyl (C=O) groups is 1. The number of rotatable bonds is 5. The summed E-state index contributed by atoms with van der Waals surface area (Å²) in [6, 6.07) is 7.35. The molecule has 1 aromatic rings. The molecular formula is C16H22ClNO3. The van der Waals surface area contributed by atoms with Crippen molar-refractivity contribution in [1.29, 1.82) is 0 Å². The van der Waals surface area contributed by atoms with Gasteiger partial charge in [0, 0.05) is 5.02 Å². The van der Waals surface area contributed by atoms with Crippen molar-refractivity contribution < 1.29 is 14.6 Å². The maximum absolute atomic E-state index is 11.5. The van der Waals surface area contributed by atoms with Crippen LogP contribution in [-0.4, -0.2) is 42.2 Å². The number of aliphatic hydroxyl groups is 1. The monoisotopic (exact) mass is 311 g/mol. The minimum Gasteiger partial charge on any atom is -0.465 e. The fraction of sp³-hybridized carbons (Fsp3) is 0.562. The molecule has 0 bridgehead atoms. The van der Waals surface area contributed by atoms with Crippen LogP contribution >= 0.6 is 11.6 Å². The van der Waals surface area contributed by atoms with Gasteiger partial charge in [-0.15, -0.1) is 0 Å². The van der Waals surface area contributed by atoms with Gasteiger partial charge in [0.25, 0.3) is 0 Å². The Labute approximate surface area is 130 Å². The highest BCUT2D eigenvalue weighted by Crippen LogP contribution is 2.31. The van der Waals surface area contributed by atoms with Crippen molar-refractivity contribution in [3.63, 3.8) is 0 Å².